The van der Waals surface area contributed by atoms with Crippen LogP contribution in [-0.2, 0) is 19.4 Å². The molecule has 0 bridgehead atoms. The van der Waals surface area contributed by atoms with E-state index in [1.807, 2.05) is 16.8 Å². The lowest BCUT2D eigenvalue weighted by atomic mass is 9.94. The molecule has 6 heteroatoms. The summed E-state index contributed by atoms with van der Waals surface area (Å²) in [6.45, 7) is 3.05. The van der Waals surface area contributed by atoms with Gasteiger partial charge < -0.3 is 9.88 Å². The second-order valence-corrected chi connectivity index (χ2v) is 7.70. The first-order valence-corrected chi connectivity index (χ1v) is 10.0. The molecule has 4 rings (SSSR count). The van der Waals surface area contributed by atoms with Crippen LogP contribution in [0.25, 0.3) is 11.4 Å². The molecule has 1 aliphatic heterocycles. The maximum atomic E-state index is 11.4. The normalized spacial score (nSPS) is 15.8. The molecule has 0 aliphatic carbocycles. The molecule has 3 heterocycles. The maximum absolute atomic E-state index is 11.4. The van der Waals surface area contributed by atoms with E-state index >= 15 is 0 Å². The van der Waals surface area contributed by atoms with E-state index in [-0.39, 0.29) is 5.56 Å². The predicted octanol–water partition coefficient (Wildman–Crippen LogP) is 2.76. The number of H-pyrrole nitrogens is 1. The Bertz CT molecular complexity index is 934. The summed E-state index contributed by atoms with van der Waals surface area (Å²) in [6.07, 6.45) is 5.94. The molecule has 146 valence electrons. The first kappa shape index (κ1) is 18.6. The number of nitrogens with one attached hydrogen (secondary N) is 1. The second-order valence-electron chi connectivity index (χ2n) is 7.70. The summed E-state index contributed by atoms with van der Waals surface area (Å²) in [6, 6.07) is 13.8. The van der Waals surface area contributed by atoms with Crippen molar-refractivity contribution in [3.63, 3.8) is 0 Å². The first-order chi connectivity index (χ1) is 13.7. The molecule has 1 N–H and O–H groups in total. The van der Waals surface area contributed by atoms with Crippen LogP contribution in [0.5, 0.6) is 0 Å². The van der Waals surface area contributed by atoms with Gasteiger partial charge in [-0.25, -0.2) is 9.67 Å². The minimum atomic E-state index is -0.106. The summed E-state index contributed by atoms with van der Waals surface area (Å²) in [5.74, 6) is 2.38. The molecule has 1 saturated heterocycles. The molecular formula is C22H27N5O. The molecule has 0 atom stereocenters. The van der Waals surface area contributed by atoms with Crippen molar-refractivity contribution < 1.29 is 0 Å². The van der Waals surface area contributed by atoms with Crippen LogP contribution in [0.2, 0.25) is 0 Å². The molecule has 0 spiro atoms. The van der Waals surface area contributed by atoms with Crippen molar-refractivity contribution in [1.29, 1.82) is 0 Å². The third-order valence-corrected chi connectivity index (χ3v) is 5.52. The number of aromatic nitrogens is 4. The van der Waals surface area contributed by atoms with Gasteiger partial charge in [-0.1, -0.05) is 30.3 Å². The van der Waals surface area contributed by atoms with Crippen molar-refractivity contribution in [3.05, 3.63) is 70.4 Å². The first-order valence-electron chi connectivity index (χ1n) is 10.0. The molecule has 0 radical (unpaired) electrons. The molecule has 0 unspecified atom stereocenters. The van der Waals surface area contributed by atoms with E-state index in [2.05, 4.69) is 41.2 Å². The highest BCUT2D eigenvalue weighted by Gasteiger charge is 2.20. The van der Waals surface area contributed by atoms with Crippen LogP contribution in [-0.4, -0.2) is 44.8 Å². The Morgan fingerprint density at radius 1 is 1.11 bits per heavy atom. The fourth-order valence-electron chi connectivity index (χ4n) is 3.80. The van der Waals surface area contributed by atoms with Crippen LogP contribution in [0.15, 0.2) is 53.5 Å². The van der Waals surface area contributed by atoms with E-state index in [1.165, 1.54) is 18.4 Å². The lowest BCUT2D eigenvalue weighted by Crippen LogP contribution is -2.31. The fourth-order valence-corrected chi connectivity index (χ4v) is 3.80. The van der Waals surface area contributed by atoms with Gasteiger partial charge in [-0.3, -0.25) is 4.79 Å². The van der Waals surface area contributed by atoms with Gasteiger partial charge in [0.1, 0.15) is 0 Å². The van der Waals surface area contributed by atoms with Gasteiger partial charge in [0.25, 0.3) is 0 Å². The van der Waals surface area contributed by atoms with E-state index < -0.39 is 0 Å². The lowest BCUT2D eigenvalue weighted by Gasteiger charge is -2.28. The number of piperidine rings is 1. The Labute approximate surface area is 165 Å². The number of aryl methyl sites for hydroxylation is 2. The summed E-state index contributed by atoms with van der Waals surface area (Å²) in [5, 5.41) is 4.84. The number of nitrogens with zero attached hydrogens (tertiary/aromatic N) is 4. The zero-order valence-corrected chi connectivity index (χ0v) is 16.3. The number of rotatable bonds is 6. The molecule has 1 aromatic carbocycles. The van der Waals surface area contributed by atoms with Gasteiger partial charge in [-0.05, 0) is 56.9 Å². The molecule has 3 aromatic rings. The smallest absolute Gasteiger partial charge is 0.247 e. The highest BCUT2D eigenvalue weighted by Crippen LogP contribution is 2.22. The van der Waals surface area contributed by atoms with Gasteiger partial charge in [-0.2, -0.15) is 5.10 Å². The van der Waals surface area contributed by atoms with E-state index in [9.17, 15) is 4.79 Å². The molecule has 6 nitrogen and oxygen atoms in total. The summed E-state index contributed by atoms with van der Waals surface area (Å²) in [5.41, 5.74) is 2.07. The Morgan fingerprint density at radius 3 is 2.61 bits per heavy atom. The van der Waals surface area contributed by atoms with E-state index in [1.54, 1.807) is 12.3 Å². The Balaban J connectivity index is 1.56. The topological polar surface area (TPSA) is 66.8 Å². The van der Waals surface area contributed by atoms with Crippen molar-refractivity contribution in [1.82, 2.24) is 24.6 Å². The third kappa shape index (κ3) is 4.57. The molecule has 0 amide bonds. The van der Waals surface area contributed by atoms with Gasteiger partial charge in [0.05, 0.1) is 0 Å². The van der Waals surface area contributed by atoms with Crippen LogP contribution in [0.4, 0.5) is 0 Å². The van der Waals surface area contributed by atoms with Crippen LogP contribution in [0.3, 0.4) is 0 Å². The second kappa shape index (κ2) is 8.52. The summed E-state index contributed by atoms with van der Waals surface area (Å²) in [7, 11) is 2.18. The number of likely N-dealkylation sites (tertiary alicyclic amines) is 1. The number of hydrogen-bond donors (Lipinski definition) is 1. The van der Waals surface area contributed by atoms with Gasteiger partial charge in [-0.15, -0.1) is 0 Å². The summed E-state index contributed by atoms with van der Waals surface area (Å²) >= 11 is 0. The Morgan fingerprint density at radius 2 is 1.89 bits per heavy atom. The molecule has 28 heavy (non-hydrogen) atoms. The van der Waals surface area contributed by atoms with Crippen LogP contribution in [0.1, 0.15) is 24.2 Å². The SMILES string of the molecule is CN1CCC(Cc2nc(-c3ccc(=O)[nH]c3)n(CCc3ccccc3)n2)CC1. The minimum absolute atomic E-state index is 0.106. The zero-order chi connectivity index (χ0) is 19.3. The standard InChI is InChI=1S/C22H27N5O/c1-26-12-9-18(10-13-26)15-20-24-22(19-7-8-21(28)23-16-19)27(25-20)14-11-17-5-3-2-4-6-17/h2-8,16,18H,9-15H2,1H3,(H,23,28). The Kier molecular flexibility index (Phi) is 5.67. The average Bonchev–Trinajstić information content (AvgIpc) is 3.12. The summed E-state index contributed by atoms with van der Waals surface area (Å²) in [4.78, 5) is 21.4. The van der Waals surface area contributed by atoms with Crippen molar-refractivity contribution >= 4 is 0 Å². The zero-order valence-electron chi connectivity index (χ0n) is 16.3. The van der Waals surface area contributed by atoms with Crippen molar-refractivity contribution in [2.45, 2.75) is 32.2 Å². The largest absolute Gasteiger partial charge is 0.328 e. The van der Waals surface area contributed by atoms with E-state index in [0.717, 1.165) is 49.7 Å². The number of pyridine rings is 1. The molecule has 2 aromatic heterocycles. The lowest BCUT2D eigenvalue weighted by molar-refractivity contribution is 0.217. The van der Waals surface area contributed by atoms with Gasteiger partial charge >= 0.3 is 0 Å². The molecule has 0 saturated carbocycles. The molecular weight excluding hydrogens is 350 g/mol. The summed E-state index contributed by atoms with van der Waals surface area (Å²) < 4.78 is 1.99. The monoisotopic (exact) mass is 377 g/mol. The highest BCUT2D eigenvalue weighted by atomic mass is 16.1. The highest BCUT2D eigenvalue weighted by molar-refractivity contribution is 5.53. The van der Waals surface area contributed by atoms with Crippen molar-refractivity contribution in [3.8, 4) is 11.4 Å². The molecule has 1 aliphatic rings. The Hall–Kier alpha value is -2.73. The van der Waals surface area contributed by atoms with Crippen molar-refractivity contribution in [2.24, 2.45) is 5.92 Å². The van der Waals surface area contributed by atoms with E-state index in [4.69, 9.17) is 10.1 Å². The quantitative estimate of drug-likeness (QED) is 0.717. The average molecular weight is 377 g/mol. The number of hydrogen-bond acceptors (Lipinski definition) is 4. The maximum Gasteiger partial charge on any atom is 0.247 e. The fraction of sp³-hybridized carbons (Fsp3) is 0.409. The van der Waals surface area contributed by atoms with Gasteiger partial charge in [0.2, 0.25) is 5.56 Å². The van der Waals surface area contributed by atoms with Gasteiger partial charge in [0.15, 0.2) is 11.6 Å². The number of aromatic amines is 1. The van der Waals surface area contributed by atoms with Crippen LogP contribution < -0.4 is 5.56 Å². The van der Waals surface area contributed by atoms with Gasteiger partial charge in [0, 0.05) is 30.8 Å². The van der Waals surface area contributed by atoms with Crippen LogP contribution in [0, 0.1) is 5.92 Å². The third-order valence-electron chi connectivity index (χ3n) is 5.52. The predicted molar refractivity (Wildman–Crippen MR) is 110 cm³/mol. The molecule has 1 fully saturated rings. The van der Waals surface area contributed by atoms with Crippen molar-refractivity contribution in [2.75, 3.05) is 20.1 Å². The van der Waals surface area contributed by atoms with Crippen LogP contribution >= 0.6 is 0 Å². The van der Waals surface area contributed by atoms with E-state index in [0.29, 0.717) is 5.92 Å². The minimum Gasteiger partial charge on any atom is -0.328 e. The number of benzene rings is 1.